The van der Waals surface area contributed by atoms with Crippen LogP contribution in [0.15, 0.2) is 54.6 Å². The predicted octanol–water partition coefficient (Wildman–Crippen LogP) is 3.11. The summed E-state index contributed by atoms with van der Waals surface area (Å²) in [4.78, 5) is 26.6. The molecule has 0 aliphatic carbocycles. The molecule has 0 bridgehead atoms. The van der Waals surface area contributed by atoms with Crippen molar-refractivity contribution in [2.45, 2.75) is 31.7 Å². The van der Waals surface area contributed by atoms with E-state index in [-0.39, 0.29) is 17.9 Å². The van der Waals surface area contributed by atoms with Crippen molar-refractivity contribution in [3.05, 3.63) is 65.7 Å². The maximum atomic E-state index is 12.7. The first-order chi connectivity index (χ1) is 13.2. The Morgan fingerprint density at radius 2 is 1.96 bits per heavy atom. The number of carbonyl (C=O) groups is 2. The molecule has 2 aromatic rings. The summed E-state index contributed by atoms with van der Waals surface area (Å²) in [6.07, 6.45) is 2.61. The Morgan fingerprint density at radius 3 is 2.74 bits per heavy atom. The molecule has 1 heterocycles. The van der Waals surface area contributed by atoms with E-state index < -0.39 is 0 Å². The van der Waals surface area contributed by atoms with Crippen molar-refractivity contribution in [2.75, 3.05) is 20.2 Å². The van der Waals surface area contributed by atoms with Crippen molar-refractivity contribution >= 4 is 11.8 Å². The second-order valence-electron chi connectivity index (χ2n) is 6.78. The molecule has 2 amide bonds. The lowest BCUT2D eigenvalue weighted by Gasteiger charge is -2.25. The van der Waals surface area contributed by atoms with Crippen LogP contribution in [0.2, 0.25) is 0 Å². The highest BCUT2D eigenvalue weighted by Gasteiger charge is 2.29. The van der Waals surface area contributed by atoms with Crippen molar-refractivity contribution in [2.24, 2.45) is 0 Å². The fourth-order valence-corrected chi connectivity index (χ4v) is 3.56. The second-order valence-corrected chi connectivity index (χ2v) is 6.78. The zero-order valence-electron chi connectivity index (χ0n) is 15.7. The zero-order valence-corrected chi connectivity index (χ0v) is 15.7. The highest BCUT2D eigenvalue weighted by atomic mass is 16.5. The van der Waals surface area contributed by atoms with Gasteiger partial charge in [0, 0.05) is 19.5 Å². The monoisotopic (exact) mass is 366 g/mol. The fourth-order valence-electron chi connectivity index (χ4n) is 3.56. The summed E-state index contributed by atoms with van der Waals surface area (Å²) in [6, 6.07) is 17.6. The van der Waals surface area contributed by atoms with Crippen LogP contribution in [0.3, 0.4) is 0 Å². The third-order valence-electron chi connectivity index (χ3n) is 4.92. The van der Waals surface area contributed by atoms with Crippen molar-refractivity contribution < 1.29 is 14.3 Å². The topological polar surface area (TPSA) is 58.6 Å². The first kappa shape index (κ1) is 19.0. The molecule has 1 aliphatic heterocycles. The van der Waals surface area contributed by atoms with Gasteiger partial charge in [0.2, 0.25) is 11.8 Å². The van der Waals surface area contributed by atoms with Crippen LogP contribution < -0.4 is 10.1 Å². The van der Waals surface area contributed by atoms with Crippen LogP contribution >= 0.6 is 0 Å². The Bertz CT molecular complexity index is 776. The minimum Gasteiger partial charge on any atom is -0.497 e. The highest BCUT2D eigenvalue weighted by Crippen LogP contribution is 2.33. The van der Waals surface area contributed by atoms with Crippen LogP contribution in [0, 0.1) is 0 Å². The number of benzene rings is 2. The molecule has 0 aromatic heterocycles. The normalized spacial score (nSPS) is 16.2. The molecule has 2 aromatic carbocycles. The highest BCUT2D eigenvalue weighted by molar-refractivity contribution is 5.80. The van der Waals surface area contributed by atoms with Gasteiger partial charge in [-0.05, 0) is 36.1 Å². The molecular weight excluding hydrogens is 340 g/mol. The van der Waals surface area contributed by atoms with Crippen LogP contribution in [0.25, 0.3) is 0 Å². The minimum atomic E-state index is -0.0558. The Labute approximate surface area is 160 Å². The van der Waals surface area contributed by atoms with Gasteiger partial charge in [0.05, 0.1) is 19.6 Å². The number of likely N-dealkylation sites (tertiary alicyclic amines) is 1. The lowest BCUT2D eigenvalue weighted by atomic mass is 10.0. The van der Waals surface area contributed by atoms with E-state index in [9.17, 15) is 9.59 Å². The third kappa shape index (κ3) is 5.09. The molecule has 3 rings (SSSR count). The number of nitrogens with one attached hydrogen (secondary N) is 1. The molecule has 1 saturated heterocycles. The summed E-state index contributed by atoms with van der Waals surface area (Å²) in [5, 5.41) is 2.85. The van der Waals surface area contributed by atoms with Crippen molar-refractivity contribution in [3.63, 3.8) is 0 Å². The quantitative estimate of drug-likeness (QED) is 0.819. The molecule has 1 fully saturated rings. The van der Waals surface area contributed by atoms with Gasteiger partial charge in [-0.2, -0.15) is 0 Å². The summed E-state index contributed by atoms with van der Waals surface area (Å²) in [5.74, 6) is 0.833. The van der Waals surface area contributed by atoms with E-state index in [4.69, 9.17) is 4.74 Å². The molecule has 0 radical (unpaired) electrons. The summed E-state index contributed by atoms with van der Waals surface area (Å²) >= 11 is 0. The number of hydrogen-bond donors (Lipinski definition) is 1. The molecule has 142 valence electrons. The van der Waals surface area contributed by atoms with E-state index >= 15 is 0 Å². The molecule has 1 aliphatic rings. The lowest BCUT2D eigenvalue weighted by molar-refractivity contribution is -0.132. The van der Waals surface area contributed by atoms with Crippen LogP contribution in [0.4, 0.5) is 0 Å². The van der Waals surface area contributed by atoms with E-state index in [1.54, 1.807) is 7.11 Å². The van der Waals surface area contributed by atoms with Crippen LogP contribution in [0.5, 0.6) is 5.75 Å². The smallest absolute Gasteiger partial charge is 0.224 e. The van der Waals surface area contributed by atoms with Gasteiger partial charge in [0.15, 0.2) is 0 Å². The largest absolute Gasteiger partial charge is 0.497 e. The molecule has 5 nitrogen and oxygen atoms in total. The maximum Gasteiger partial charge on any atom is 0.224 e. The predicted molar refractivity (Wildman–Crippen MR) is 104 cm³/mol. The molecule has 0 spiro atoms. The number of hydrogen-bond acceptors (Lipinski definition) is 3. The number of rotatable bonds is 7. The van der Waals surface area contributed by atoms with Gasteiger partial charge in [-0.25, -0.2) is 0 Å². The molecule has 0 saturated carbocycles. The standard InChI is InChI=1S/C22H26N2O3/c1-27-19-10-5-9-18(16-19)20-11-6-14-24(20)22(26)12-13-23-21(25)15-17-7-3-2-4-8-17/h2-5,7-10,16,20H,6,11-15H2,1H3,(H,23,25). The van der Waals surface area contributed by atoms with Gasteiger partial charge in [0.25, 0.3) is 0 Å². The van der Waals surface area contributed by atoms with Gasteiger partial charge in [-0.1, -0.05) is 42.5 Å². The average molecular weight is 366 g/mol. The molecule has 1 atom stereocenters. The van der Waals surface area contributed by atoms with Crippen molar-refractivity contribution in [1.82, 2.24) is 10.2 Å². The van der Waals surface area contributed by atoms with E-state index in [1.165, 1.54) is 0 Å². The Morgan fingerprint density at radius 1 is 1.15 bits per heavy atom. The average Bonchev–Trinajstić information content (AvgIpc) is 3.19. The first-order valence-corrected chi connectivity index (χ1v) is 9.41. The summed E-state index contributed by atoms with van der Waals surface area (Å²) in [7, 11) is 1.65. The first-order valence-electron chi connectivity index (χ1n) is 9.41. The molecule has 1 N–H and O–H groups in total. The number of ether oxygens (including phenoxy) is 1. The number of methoxy groups -OCH3 is 1. The van der Waals surface area contributed by atoms with Gasteiger partial charge in [-0.15, -0.1) is 0 Å². The number of nitrogens with zero attached hydrogens (tertiary/aromatic N) is 1. The van der Waals surface area contributed by atoms with E-state index in [0.29, 0.717) is 19.4 Å². The Hall–Kier alpha value is -2.82. The van der Waals surface area contributed by atoms with Gasteiger partial charge in [-0.3, -0.25) is 9.59 Å². The maximum absolute atomic E-state index is 12.7. The van der Waals surface area contributed by atoms with E-state index in [1.807, 2.05) is 59.5 Å². The van der Waals surface area contributed by atoms with Crippen LogP contribution in [-0.2, 0) is 16.0 Å². The summed E-state index contributed by atoms with van der Waals surface area (Å²) in [6.45, 7) is 1.13. The van der Waals surface area contributed by atoms with Gasteiger partial charge < -0.3 is 15.0 Å². The summed E-state index contributed by atoms with van der Waals surface area (Å²) in [5.41, 5.74) is 2.08. The Kier molecular flexibility index (Phi) is 6.47. The zero-order chi connectivity index (χ0) is 19.1. The van der Waals surface area contributed by atoms with Crippen LogP contribution in [-0.4, -0.2) is 36.9 Å². The molecule has 1 unspecified atom stereocenters. The van der Waals surface area contributed by atoms with Gasteiger partial charge >= 0.3 is 0 Å². The lowest BCUT2D eigenvalue weighted by Crippen LogP contribution is -2.34. The van der Waals surface area contributed by atoms with E-state index in [2.05, 4.69) is 5.32 Å². The Balaban J connectivity index is 1.50. The van der Waals surface area contributed by atoms with Crippen molar-refractivity contribution in [3.8, 4) is 5.75 Å². The fraction of sp³-hybridized carbons (Fsp3) is 0.364. The molecular formula is C22H26N2O3. The van der Waals surface area contributed by atoms with E-state index in [0.717, 1.165) is 36.3 Å². The SMILES string of the molecule is COc1cccc(C2CCCN2C(=O)CCNC(=O)Cc2ccccc2)c1. The molecule has 5 heteroatoms. The van der Waals surface area contributed by atoms with Crippen LogP contribution in [0.1, 0.15) is 36.4 Å². The summed E-state index contributed by atoms with van der Waals surface area (Å²) < 4.78 is 5.30. The van der Waals surface area contributed by atoms with Gasteiger partial charge in [0.1, 0.15) is 5.75 Å². The number of carbonyl (C=O) groups excluding carboxylic acids is 2. The number of amides is 2. The minimum absolute atomic E-state index is 0.0558. The third-order valence-corrected chi connectivity index (χ3v) is 4.92. The second kappa shape index (κ2) is 9.21. The van der Waals surface area contributed by atoms with Crippen molar-refractivity contribution in [1.29, 1.82) is 0 Å². The molecule has 27 heavy (non-hydrogen) atoms.